The molecule has 5 rings (SSSR count). The molecule has 2 aromatic carbocycles. The van der Waals surface area contributed by atoms with E-state index in [1.807, 2.05) is 48.1 Å². The van der Waals surface area contributed by atoms with Crippen molar-refractivity contribution in [2.75, 3.05) is 0 Å². The van der Waals surface area contributed by atoms with Crippen LogP contribution in [0.2, 0.25) is 10.0 Å². The maximum absolute atomic E-state index is 6.31. The van der Waals surface area contributed by atoms with Crippen LogP contribution in [0.15, 0.2) is 64.9 Å². The Morgan fingerprint density at radius 2 is 1.72 bits per heavy atom. The van der Waals surface area contributed by atoms with Crippen LogP contribution in [0.3, 0.4) is 0 Å². The van der Waals surface area contributed by atoms with Gasteiger partial charge < -0.3 is 0 Å². The molecule has 2 aromatic heterocycles. The van der Waals surface area contributed by atoms with Gasteiger partial charge in [0.2, 0.25) is 11.0 Å². The molecule has 1 aliphatic rings. The summed E-state index contributed by atoms with van der Waals surface area (Å²) >= 11 is 14.1. The SMILES string of the molecule is CC(C)C1Sc2nnc(-c3cc(-c4ccccc4)n(C)n3)n2N=C1c1ccc(Cl)c(Cl)c1. The van der Waals surface area contributed by atoms with E-state index in [-0.39, 0.29) is 5.25 Å². The van der Waals surface area contributed by atoms with E-state index < -0.39 is 0 Å². The number of halogens is 2. The number of hydrogen-bond donors (Lipinski definition) is 0. The van der Waals surface area contributed by atoms with E-state index in [4.69, 9.17) is 33.4 Å². The minimum atomic E-state index is 0.111. The second-order valence-corrected chi connectivity index (χ2v) is 9.84. The van der Waals surface area contributed by atoms with E-state index >= 15 is 0 Å². The molecule has 0 N–H and O–H groups in total. The molecule has 3 heterocycles. The first kappa shape index (κ1) is 21.2. The van der Waals surface area contributed by atoms with Crippen molar-refractivity contribution in [3.8, 4) is 22.8 Å². The van der Waals surface area contributed by atoms with Gasteiger partial charge in [0.1, 0.15) is 5.69 Å². The molecule has 0 radical (unpaired) electrons. The number of rotatable bonds is 4. The van der Waals surface area contributed by atoms with Gasteiger partial charge in [0.15, 0.2) is 0 Å². The summed E-state index contributed by atoms with van der Waals surface area (Å²) in [5.74, 6) is 0.937. The lowest BCUT2D eigenvalue weighted by Crippen LogP contribution is -2.29. The average molecular weight is 483 g/mol. The molecule has 32 heavy (non-hydrogen) atoms. The van der Waals surface area contributed by atoms with Crippen molar-refractivity contribution in [2.24, 2.45) is 18.1 Å². The van der Waals surface area contributed by atoms with Crippen molar-refractivity contribution < 1.29 is 0 Å². The summed E-state index contributed by atoms with van der Waals surface area (Å²) in [6.45, 7) is 4.34. The molecule has 0 spiro atoms. The first-order valence-electron chi connectivity index (χ1n) is 10.2. The van der Waals surface area contributed by atoms with Crippen LogP contribution in [0.1, 0.15) is 19.4 Å². The highest BCUT2D eigenvalue weighted by atomic mass is 35.5. The highest BCUT2D eigenvalue weighted by Crippen LogP contribution is 2.37. The highest BCUT2D eigenvalue weighted by molar-refractivity contribution is 8.00. The van der Waals surface area contributed by atoms with Gasteiger partial charge in [0, 0.05) is 12.6 Å². The Hall–Kier alpha value is -2.61. The molecule has 1 aliphatic heterocycles. The monoisotopic (exact) mass is 482 g/mol. The minimum absolute atomic E-state index is 0.111. The van der Waals surface area contributed by atoms with Crippen LogP contribution in [0.5, 0.6) is 0 Å². The summed E-state index contributed by atoms with van der Waals surface area (Å²) < 4.78 is 3.63. The van der Waals surface area contributed by atoms with Gasteiger partial charge in [-0.15, -0.1) is 10.2 Å². The predicted octanol–water partition coefficient (Wildman–Crippen LogP) is 6.04. The zero-order chi connectivity index (χ0) is 22.4. The van der Waals surface area contributed by atoms with Gasteiger partial charge in [-0.3, -0.25) is 4.68 Å². The summed E-state index contributed by atoms with van der Waals surface area (Å²) in [5, 5.41) is 20.4. The third-order valence-electron chi connectivity index (χ3n) is 5.32. The van der Waals surface area contributed by atoms with Gasteiger partial charge in [-0.1, -0.05) is 85.2 Å². The smallest absolute Gasteiger partial charge is 0.213 e. The van der Waals surface area contributed by atoms with Crippen LogP contribution in [0.25, 0.3) is 22.8 Å². The Morgan fingerprint density at radius 1 is 0.938 bits per heavy atom. The Balaban J connectivity index is 1.62. The van der Waals surface area contributed by atoms with E-state index in [1.54, 1.807) is 22.5 Å². The van der Waals surface area contributed by atoms with Crippen LogP contribution < -0.4 is 0 Å². The van der Waals surface area contributed by atoms with Gasteiger partial charge in [-0.25, -0.2) is 0 Å². The summed E-state index contributed by atoms with van der Waals surface area (Å²) in [7, 11) is 1.92. The maximum atomic E-state index is 6.31. The number of thioether (sulfide) groups is 1. The fourth-order valence-electron chi connectivity index (χ4n) is 3.71. The first-order valence-corrected chi connectivity index (χ1v) is 11.8. The number of nitrogens with zero attached hydrogens (tertiary/aromatic N) is 6. The largest absolute Gasteiger partial charge is 0.267 e. The molecule has 0 bridgehead atoms. The minimum Gasteiger partial charge on any atom is -0.267 e. The number of aryl methyl sites for hydroxylation is 1. The van der Waals surface area contributed by atoms with Gasteiger partial charge >= 0.3 is 0 Å². The first-order chi connectivity index (χ1) is 15.4. The lowest BCUT2D eigenvalue weighted by Gasteiger charge is -2.26. The van der Waals surface area contributed by atoms with Crippen LogP contribution in [-0.4, -0.2) is 35.6 Å². The molecule has 6 nitrogen and oxygen atoms in total. The average Bonchev–Trinajstić information content (AvgIpc) is 3.38. The molecule has 0 aliphatic carbocycles. The van der Waals surface area contributed by atoms with Crippen LogP contribution in [0.4, 0.5) is 0 Å². The Labute approximate surface area is 200 Å². The van der Waals surface area contributed by atoms with Crippen molar-refractivity contribution in [1.82, 2.24) is 24.7 Å². The molecule has 1 atom stereocenters. The number of aromatic nitrogens is 5. The summed E-state index contributed by atoms with van der Waals surface area (Å²) in [6, 6.07) is 17.8. The molecule has 0 saturated carbocycles. The zero-order valence-corrected chi connectivity index (χ0v) is 20.0. The highest BCUT2D eigenvalue weighted by Gasteiger charge is 2.32. The van der Waals surface area contributed by atoms with E-state index in [2.05, 4.69) is 36.2 Å². The standard InChI is InChI=1S/C23H20Cl2N6S/c1-13(2)21-20(15-9-10-16(24)17(25)11-15)29-31-22(26-27-23(31)32-21)18-12-19(30(3)28-18)14-7-5-4-6-8-14/h4-13,21H,1-3H3. The Kier molecular flexibility index (Phi) is 5.57. The fraction of sp³-hybridized carbons (Fsp3) is 0.217. The van der Waals surface area contributed by atoms with E-state index in [0.29, 0.717) is 27.5 Å². The van der Waals surface area contributed by atoms with Gasteiger partial charge in [-0.2, -0.15) is 14.9 Å². The molecular weight excluding hydrogens is 463 g/mol. The topological polar surface area (TPSA) is 60.9 Å². The molecule has 162 valence electrons. The Morgan fingerprint density at radius 3 is 2.44 bits per heavy atom. The van der Waals surface area contributed by atoms with E-state index in [1.165, 1.54) is 0 Å². The van der Waals surface area contributed by atoms with Gasteiger partial charge in [0.25, 0.3) is 0 Å². The summed E-state index contributed by atoms with van der Waals surface area (Å²) in [5.41, 5.74) is 4.64. The van der Waals surface area contributed by atoms with Gasteiger partial charge in [0.05, 0.1) is 26.7 Å². The molecule has 1 unspecified atom stereocenters. The molecule has 0 saturated heterocycles. The van der Waals surface area contributed by atoms with Crippen LogP contribution >= 0.6 is 35.0 Å². The summed E-state index contributed by atoms with van der Waals surface area (Å²) in [6.07, 6.45) is 0. The predicted molar refractivity (Wildman–Crippen MR) is 131 cm³/mol. The molecule has 9 heteroatoms. The summed E-state index contributed by atoms with van der Waals surface area (Å²) in [4.78, 5) is 0. The van der Waals surface area contributed by atoms with Crippen molar-refractivity contribution in [1.29, 1.82) is 0 Å². The van der Waals surface area contributed by atoms with E-state index in [9.17, 15) is 0 Å². The second kappa shape index (κ2) is 8.39. The van der Waals surface area contributed by atoms with Gasteiger partial charge in [-0.05, 0) is 29.7 Å². The number of fused-ring (bicyclic) bond motifs is 1. The van der Waals surface area contributed by atoms with Crippen molar-refractivity contribution in [3.05, 3.63) is 70.2 Å². The maximum Gasteiger partial charge on any atom is 0.213 e. The molecule has 0 amide bonds. The molecule has 0 fully saturated rings. The second-order valence-electron chi connectivity index (χ2n) is 7.92. The quantitative estimate of drug-likeness (QED) is 0.355. The molecule has 4 aromatic rings. The molecular formula is C23H20Cl2N6S. The van der Waals surface area contributed by atoms with Crippen LogP contribution in [0, 0.1) is 5.92 Å². The van der Waals surface area contributed by atoms with E-state index in [0.717, 1.165) is 27.7 Å². The van der Waals surface area contributed by atoms with Crippen molar-refractivity contribution >= 4 is 40.7 Å². The third-order valence-corrected chi connectivity index (χ3v) is 7.55. The van der Waals surface area contributed by atoms with Crippen LogP contribution in [-0.2, 0) is 7.05 Å². The third kappa shape index (κ3) is 3.74. The normalized spacial score (nSPS) is 15.7. The lowest BCUT2D eigenvalue weighted by molar-refractivity contribution is 0.664. The van der Waals surface area contributed by atoms with Crippen molar-refractivity contribution in [2.45, 2.75) is 24.3 Å². The fourth-order valence-corrected chi connectivity index (χ4v) is 5.12. The number of hydrogen-bond acceptors (Lipinski definition) is 5. The lowest BCUT2D eigenvalue weighted by atomic mass is 9.99. The number of benzene rings is 2. The Bertz CT molecular complexity index is 1330. The zero-order valence-electron chi connectivity index (χ0n) is 17.7. The van der Waals surface area contributed by atoms with Crippen molar-refractivity contribution in [3.63, 3.8) is 0 Å².